The number of aromatic nitrogens is 2. The highest BCUT2D eigenvalue weighted by Crippen LogP contribution is 2.40. The minimum atomic E-state index is -4.57. The van der Waals surface area contributed by atoms with E-state index in [-0.39, 0.29) is 35.3 Å². The van der Waals surface area contributed by atoms with Crippen LogP contribution in [-0.2, 0) is 28.3 Å². The van der Waals surface area contributed by atoms with Gasteiger partial charge in [-0.05, 0) is 61.6 Å². The van der Waals surface area contributed by atoms with Crippen molar-refractivity contribution >= 4 is 15.7 Å². The van der Waals surface area contributed by atoms with Gasteiger partial charge in [0, 0.05) is 17.6 Å². The lowest BCUT2D eigenvalue weighted by Crippen LogP contribution is -2.33. The van der Waals surface area contributed by atoms with Gasteiger partial charge in [0.25, 0.3) is 5.91 Å². The number of carbonyl (C=O) groups is 1. The van der Waals surface area contributed by atoms with Crippen LogP contribution in [0.4, 0.5) is 13.2 Å². The lowest BCUT2D eigenvalue weighted by atomic mass is 10.1. The Kier molecular flexibility index (Phi) is 6.51. The van der Waals surface area contributed by atoms with Crippen LogP contribution in [0.3, 0.4) is 0 Å². The zero-order valence-electron chi connectivity index (χ0n) is 20.1. The predicted molar refractivity (Wildman–Crippen MR) is 129 cm³/mol. The summed E-state index contributed by atoms with van der Waals surface area (Å²) in [5.41, 5.74) is 0.237. The first-order valence-corrected chi connectivity index (χ1v) is 13.6. The van der Waals surface area contributed by atoms with Crippen molar-refractivity contribution < 1.29 is 31.1 Å². The second-order valence-electron chi connectivity index (χ2n) is 9.48. The van der Waals surface area contributed by atoms with Gasteiger partial charge in [0.2, 0.25) is 15.0 Å². The number of sulfone groups is 1. The van der Waals surface area contributed by atoms with Crippen LogP contribution in [0.15, 0.2) is 59.9 Å². The molecule has 2 aliphatic rings. The van der Waals surface area contributed by atoms with Crippen LogP contribution in [0.25, 0.3) is 0 Å². The van der Waals surface area contributed by atoms with Crippen molar-refractivity contribution in [1.82, 2.24) is 14.5 Å². The highest BCUT2D eigenvalue weighted by molar-refractivity contribution is 7.90. The third kappa shape index (κ3) is 5.51. The molecule has 0 unspecified atom stereocenters. The number of ether oxygens (including phenoxy) is 1. The lowest BCUT2D eigenvalue weighted by Gasteiger charge is -2.23. The fourth-order valence-corrected chi connectivity index (χ4v) is 5.92. The normalized spacial score (nSPS) is 16.0. The van der Waals surface area contributed by atoms with Gasteiger partial charge in [0.15, 0.2) is 0 Å². The van der Waals surface area contributed by atoms with Gasteiger partial charge in [-0.15, -0.1) is 0 Å². The molecule has 2 aliphatic carbocycles. The summed E-state index contributed by atoms with van der Waals surface area (Å²) in [4.78, 5) is 19.3. The molecule has 1 aromatic heterocycles. The average molecular weight is 534 g/mol. The molecule has 5 rings (SSSR count). The molecule has 2 saturated carbocycles. The predicted octanol–water partition coefficient (Wildman–Crippen LogP) is 5.02. The van der Waals surface area contributed by atoms with Crippen LogP contribution >= 0.6 is 0 Å². The maximum absolute atomic E-state index is 13.3. The Balaban J connectivity index is 1.42. The van der Waals surface area contributed by atoms with Gasteiger partial charge in [-0.1, -0.05) is 18.2 Å². The molecule has 0 bridgehead atoms. The van der Waals surface area contributed by atoms with E-state index < -0.39 is 27.3 Å². The molecule has 196 valence electrons. The number of benzene rings is 2. The van der Waals surface area contributed by atoms with Gasteiger partial charge in [-0.3, -0.25) is 4.79 Å². The van der Waals surface area contributed by atoms with E-state index >= 15 is 0 Å². The van der Waals surface area contributed by atoms with E-state index in [4.69, 9.17) is 4.74 Å². The second-order valence-corrected chi connectivity index (χ2v) is 11.4. The summed E-state index contributed by atoms with van der Waals surface area (Å²) in [6.07, 6.45) is 0.160. The Morgan fingerprint density at radius 1 is 1.11 bits per heavy atom. The molecule has 0 spiro atoms. The van der Waals surface area contributed by atoms with Crippen molar-refractivity contribution in [2.75, 3.05) is 7.11 Å². The number of methoxy groups -OCH3 is 1. The van der Waals surface area contributed by atoms with Gasteiger partial charge in [0.1, 0.15) is 5.75 Å². The Morgan fingerprint density at radius 2 is 1.81 bits per heavy atom. The molecule has 0 atom stereocenters. The van der Waals surface area contributed by atoms with Crippen LogP contribution in [0.1, 0.15) is 58.9 Å². The molecular formula is C26H26F3N3O4S. The Morgan fingerprint density at radius 3 is 2.41 bits per heavy atom. The summed E-state index contributed by atoms with van der Waals surface area (Å²) in [5.74, 6) is -0.129. The van der Waals surface area contributed by atoms with Gasteiger partial charge in [0.05, 0.1) is 36.9 Å². The van der Waals surface area contributed by atoms with Crippen molar-refractivity contribution in [2.45, 2.75) is 61.4 Å². The standard InChI is InChI=1S/C26H26F3N3O4S/c1-36-23-11-5-18(6-12-23)24(33)31(20-7-8-20)15-22-14-30-25(32(22)21-9-10-21)37(34,35)16-17-3-2-4-19(13-17)26(27,28)29/h2-6,11-14,20-21H,7-10,15-16H2,1H3. The Bertz CT molecular complexity index is 1410. The maximum Gasteiger partial charge on any atom is 0.416 e. The monoisotopic (exact) mass is 533 g/mol. The largest absolute Gasteiger partial charge is 0.497 e. The molecule has 1 heterocycles. The first kappa shape index (κ1) is 25.3. The van der Waals surface area contributed by atoms with E-state index in [9.17, 15) is 26.4 Å². The number of nitrogens with zero attached hydrogens (tertiary/aromatic N) is 3. The van der Waals surface area contributed by atoms with Crippen molar-refractivity contribution in [3.8, 4) is 5.75 Å². The van der Waals surface area contributed by atoms with E-state index in [2.05, 4.69) is 4.98 Å². The zero-order valence-corrected chi connectivity index (χ0v) is 20.9. The fraction of sp³-hybridized carbons (Fsp3) is 0.385. The first-order valence-electron chi connectivity index (χ1n) is 12.0. The number of hydrogen-bond acceptors (Lipinski definition) is 5. The van der Waals surface area contributed by atoms with Crippen molar-refractivity contribution in [3.63, 3.8) is 0 Å². The number of alkyl halides is 3. The third-order valence-corrected chi connectivity index (χ3v) is 8.13. The molecule has 1 amide bonds. The molecule has 11 heteroatoms. The van der Waals surface area contributed by atoms with E-state index in [0.717, 1.165) is 37.8 Å². The molecule has 0 radical (unpaired) electrons. The van der Waals surface area contributed by atoms with Gasteiger partial charge in [-0.25, -0.2) is 13.4 Å². The molecule has 2 aromatic carbocycles. The van der Waals surface area contributed by atoms with Gasteiger partial charge < -0.3 is 14.2 Å². The van der Waals surface area contributed by atoms with Crippen molar-refractivity contribution in [3.05, 3.63) is 77.1 Å². The average Bonchev–Trinajstić information content (AvgIpc) is 3.80. The van der Waals surface area contributed by atoms with Crippen LogP contribution in [0.5, 0.6) is 5.75 Å². The van der Waals surface area contributed by atoms with Crippen LogP contribution in [0.2, 0.25) is 0 Å². The molecule has 7 nitrogen and oxygen atoms in total. The minimum absolute atomic E-state index is 0.0380. The van der Waals surface area contributed by atoms with Crippen LogP contribution < -0.4 is 4.74 Å². The number of imidazole rings is 1. The summed E-state index contributed by atoms with van der Waals surface area (Å²) < 4.78 is 72.8. The quantitative estimate of drug-likeness (QED) is 0.386. The number of hydrogen-bond donors (Lipinski definition) is 0. The Labute approximate surface area is 212 Å². The summed E-state index contributed by atoms with van der Waals surface area (Å²) >= 11 is 0. The Hall–Kier alpha value is -3.34. The molecular weight excluding hydrogens is 507 g/mol. The summed E-state index contributed by atoms with van der Waals surface area (Å²) in [7, 11) is -2.50. The molecule has 2 fully saturated rings. The number of amides is 1. The van der Waals surface area contributed by atoms with Crippen molar-refractivity contribution in [2.24, 2.45) is 0 Å². The summed E-state index contributed by atoms with van der Waals surface area (Å²) in [5, 5.41) is -0.171. The SMILES string of the molecule is COc1ccc(C(=O)N(Cc2cnc(S(=O)(=O)Cc3cccc(C(F)(F)F)c3)n2C2CC2)C2CC2)cc1. The van der Waals surface area contributed by atoms with Gasteiger partial charge in [-0.2, -0.15) is 13.2 Å². The molecule has 0 saturated heterocycles. The fourth-order valence-electron chi connectivity index (χ4n) is 4.40. The molecule has 0 aliphatic heterocycles. The number of halogens is 3. The number of rotatable bonds is 9. The summed E-state index contributed by atoms with van der Waals surface area (Å²) in [6.45, 7) is 0.193. The van der Waals surface area contributed by atoms with Crippen molar-refractivity contribution in [1.29, 1.82) is 0 Å². The first-order chi connectivity index (χ1) is 17.6. The molecule has 0 N–H and O–H groups in total. The third-order valence-electron chi connectivity index (χ3n) is 6.56. The van der Waals surface area contributed by atoms with E-state index in [1.165, 1.54) is 18.3 Å². The second kappa shape index (κ2) is 9.51. The number of carbonyl (C=O) groups excluding carboxylic acids is 1. The molecule has 37 heavy (non-hydrogen) atoms. The minimum Gasteiger partial charge on any atom is -0.497 e. The lowest BCUT2D eigenvalue weighted by molar-refractivity contribution is -0.137. The smallest absolute Gasteiger partial charge is 0.416 e. The zero-order chi connectivity index (χ0) is 26.4. The summed E-state index contributed by atoms with van der Waals surface area (Å²) in [6, 6.07) is 11.1. The molecule has 3 aromatic rings. The van der Waals surface area contributed by atoms with Crippen LogP contribution in [-0.4, -0.2) is 41.9 Å². The topological polar surface area (TPSA) is 81.5 Å². The highest BCUT2D eigenvalue weighted by atomic mass is 32.2. The van der Waals surface area contributed by atoms with E-state index in [0.29, 0.717) is 17.0 Å². The van der Waals surface area contributed by atoms with E-state index in [1.54, 1.807) is 40.8 Å². The maximum atomic E-state index is 13.3. The van der Waals surface area contributed by atoms with E-state index in [1.807, 2.05) is 0 Å². The van der Waals surface area contributed by atoms with Crippen LogP contribution in [0, 0.1) is 0 Å². The highest BCUT2D eigenvalue weighted by Gasteiger charge is 2.38. The van der Waals surface area contributed by atoms with Gasteiger partial charge >= 0.3 is 6.18 Å².